The summed E-state index contributed by atoms with van der Waals surface area (Å²) in [5.74, 6) is -1.60. The number of rotatable bonds is 1. The molecule has 1 aromatic carbocycles. The van der Waals surface area contributed by atoms with Gasteiger partial charge in [-0.15, -0.1) is 0 Å². The van der Waals surface area contributed by atoms with Gasteiger partial charge in [-0.2, -0.15) is 0 Å². The molecule has 0 aliphatic rings. The van der Waals surface area contributed by atoms with E-state index in [4.69, 9.17) is 0 Å². The highest BCUT2D eigenvalue weighted by atomic mass is 79.9. The SMILES string of the molecule is COC(=O)Nc1c(F)cc(F)cc1Br. The average Bonchev–Trinajstić information content (AvgIpc) is 2.10. The Kier molecular flexibility index (Phi) is 3.40. The van der Waals surface area contributed by atoms with Crippen LogP contribution in [0, 0.1) is 11.6 Å². The molecule has 0 aliphatic carbocycles. The number of benzene rings is 1. The molecule has 1 rings (SSSR count). The van der Waals surface area contributed by atoms with E-state index in [2.05, 4.69) is 26.0 Å². The van der Waals surface area contributed by atoms with Gasteiger partial charge in [0.15, 0.2) is 5.82 Å². The van der Waals surface area contributed by atoms with Gasteiger partial charge in [-0.05, 0) is 22.0 Å². The van der Waals surface area contributed by atoms with Crippen molar-refractivity contribution in [1.29, 1.82) is 0 Å². The molecule has 0 fully saturated rings. The van der Waals surface area contributed by atoms with E-state index in [0.29, 0.717) is 6.07 Å². The minimum absolute atomic E-state index is 0.111. The van der Waals surface area contributed by atoms with Crippen LogP contribution in [0.3, 0.4) is 0 Å². The molecule has 1 N–H and O–H groups in total. The fourth-order valence-electron chi connectivity index (χ4n) is 0.815. The number of anilines is 1. The van der Waals surface area contributed by atoms with Gasteiger partial charge >= 0.3 is 6.09 Å². The molecule has 1 aromatic rings. The van der Waals surface area contributed by atoms with Crippen LogP contribution in [0.1, 0.15) is 0 Å². The molecule has 0 heterocycles. The normalized spacial score (nSPS) is 9.71. The molecule has 76 valence electrons. The van der Waals surface area contributed by atoms with Gasteiger partial charge in [0.05, 0.1) is 12.8 Å². The van der Waals surface area contributed by atoms with Gasteiger partial charge in [-0.1, -0.05) is 0 Å². The predicted molar refractivity (Wildman–Crippen MR) is 50.1 cm³/mol. The zero-order valence-electron chi connectivity index (χ0n) is 7.11. The number of carbonyl (C=O) groups excluding carboxylic acids is 1. The molecule has 0 saturated carbocycles. The highest BCUT2D eigenvalue weighted by molar-refractivity contribution is 9.10. The standard InChI is InChI=1S/C8H6BrF2NO2/c1-14-8(13)12-7-5(9)2-4(10)3-6(7)11/h2-3H,1H3,(H,12,13). The number of halogens is 3. The summed E-state index contributed by atoms with van der Waals surface area (Å²) in [5.41, 5.74) is -0.154. The maximum atomic E-state index is 13.1. The second kappa shape index (κ2) is 4.36. The van der Waals surface area contributed by atoms with E-state index in [9.17, 15) is 13.6 Å². The molecule has 14 heavy (non-hydrogen) atoms. The smallest absolute Gasteiger partial charge is 0.411 e. The van der Waals surface area contributed by atoms with Gasteiger partial charge in [0.2, 0.25) is 0 Å². The number of hydrogen-bond donors (Lipinski definition) is 1. The van der Waals surface area contributed by atoms with Crippen LogP contribution in [0.15, 0.2) is 16.6 Å². The van der Waals surface area contributed by atoms with Gasteiger partial charge in [-0.25, -0.2) is 13.6 Å². The van der Waals surface area contributed by atoms with E-state index in [1.54, 1.807) is 0 Å². The molecule has 0 radical (unpaired) electrons. The topological polar surface area (TPSA) is 38.3 Å². The Morgan fingerprint density at radius 1 is 1.50 bits per heavy atom. The minimum atomic E-state index is -0.873. The van der Waals surface area contributed by atoms with Crippen molar-refractivity contribution in [3.63, 3.8) is 0 Å². The second-order valence-corrected chi connectivity index (χ2v) is 3.22. The van der Waals surface area contributed by atoms with E-state index in [1.165, 1.54) is 0 Å². The van der Waals surface area contributed by atoms with E-state index in [1.807, 2.05) is 0 Å². The molecule has 6 heteroatoms. The first-order chi connectivity index (χ1) is 6.54. The lowest BCUT2D eigenvalue weighted by molar-refractivity contribution is 0.186. The first-order valence-corrected chi connectivity index (χ1v) is 4.33. The molecule has 0 unspecified atom stereocenters. The first kappa shape index (κ1) is 10.9. The quantitative estimate of drug-likeness (QED) is 0.848. The fraction of sp³-hybridized carbons (Fsp3) is 0.125. The lowest BCUT2D eigenvalue weighted by Crippen LogP contribution is -2.12. The fourth-order valence-corrected chi connectivity index (χ4v) is 1.32. The van der Waals surface area contributed by atoms with Crippen molar-refractivity contribution in [3.05, 3.63) is 28.2 Å². The Morgan fingerprint density at radius 3 is 2.64 bits per heavy atom. The molecule has 3 nitrogen and oxygen atoms in total. The summed E-state index contributed by atoms with van der Waals surface area (Å²) in [6, 6.07) is 1.70. The van der Waals surface area contributed by atoms with Crippen molar-refractivity contribution in [1.82, 2.24) is 0 Å². The Morgan fingerprint density at radius 2 is 2.14 bits per heavy atom. The highest BCUT2D eigenvalue weighted by Gasteiger charge is 2.12. The number of carbonyl (C=O) groups is 1. The molecular weight excluding hydrogens is 260 g/mol. The first-order valence-electron chi connectivity index (χ1n) is 3.54. The van der Waals surface area contributed by atoms with Gasteiger partial charge in [0.1, 0.15) is 5.82 Å². The van der Waals surface area contributed by atoms with Gasteiger partial charge in [0, 0.05) is 10.5 Å². The molecule has 1 amide bonds. The van der Waals surface area contributed by atoms with Gasteiger partial charge in [-0.3, -0.25) is 5.32 Å². The molecule has 0 spiro atoms. The monoisotopic (exact) mass is 265 g/mol. The summed E-state index contributed by atoms with van der Waals surface area (Å²) in [6.45, 7) is 0. The lowest BCUT2D eigenvalue weighted by atomic mass is 10.3. The third-order valence-corrected chi connectivity index (χ3v) is 2.04. The summed E-state index contributed by atoms with van der Waals surface area (Å²) in [5, 5.41) is 2.11. The van der Waals surface area contributed by atoms with Crippen LogP contribution >= 0.6 is 15.9 Å². The number of nitrogens with one attached hydrogen (secondary N) is 1. The molecular formula is C8H6BrF2NO2. The average molecular weight is 266 g/mol. The largest absolute Gasteiger partial charge is 0.453 e. The molecule has 0 aromatic heterocycles. The van der Waals surface area contributed by atoms with Crippen LogP contribution in [0.25, 0.3) is 0 Å². The predicted octanol–water partition coefficient (Wildman–Crippen LogP) is 2.91. The molecule has 0 aliphatic heterocycles. The maximum Gasteiger partial charge on any atom is 0.411 e. The summed E-state index contributed by atoms with van der Waals surface area (Å²) in [6.07, 6.45) is -0.823. The Bertz CT molecular complexity index is 347. The van der Waals surface area contributed by atoms with Crippen LogP contribution in [-0.4, -0.2) is 13.2 Å². The number of hydrogen-bond acceptors (Lipinski definition) is 2. The maximum absolute atomic E-state index is 13.1. The van der Waals surface area contributed by atoms with Crippen LogP contribution in [0.5, 0.6) is 0 Å². The van der Waals surface area contributed by atoms with Crippen molar-refractivity contribution in [2.75, 3.05) is 12.4 Å². The van der Waals surface area contributed by atoms with E-state index in [0.717, 1.165) is 13.2 Å². The number of methoxy groups -OCH3 is 1. The second-order valence-electron chi connectivity index (χ2n) is 2.36. The van der Waals surface area contributed by atoms with Gasteiger partial charge < -0.3 is 4.74 Å². The summed E-state index contributed by atoms with van der Waals surface area (Å²) < 4.78 is 30.1. The number of ether oxygens (including phenoxy) is 1. The Labute approximate surface area is 87.2 Å². The van der Waals surface area contributed by atoms with Crippen LogP contribution < -0.4 is 5.32 Å². The van der Waals surface area contributed by atoms with Crippen molar-refractivity contribution >= 4 is 27.7 Å². The minimum Gasteiger partial charge on any atom is -0.453 e. The third-order valence-electron chi connectivity index (χ3n) is 1.42. The van der Waals surface area contributed by atoms with E-state index >= 15 is 0 Å². The number of amides is 1. The molecule has 0 atom stereocenters. The zero-order valence-corrected chi connectivity index (χ0v) is 8.69. The van der Waals surface area contributed by atoms with E-state index < -0.39 is 17.7 Å². The highest BCUT2D eigenvalue weighted by Crippen LogP contribution is 2.26. The third kappa shape index (κ3) is 2.41. The van der Waals surface area contributed by atoms with E-state index in [-0.39, 0.29) is 10.2 Å². The van der Waals surface area contributed by atoms with Crippen LogP contribution in [0.4, 0.5) is 19.3 Å². The van der Waals surface area contributed by atoms with Crippen molar-refractivity contribution < 1.29 is 18.3 Å². The zero-order chi connectivity index (χ0) is 10.7. The lowest BCUT2D eigenvalue weighted by Gasteiger charge is -2.07. The Balaban J connectivity index is 3.02. The van der Waals surface area contributed by atoms with Crippen molar-refractivity contribution in [2.24, 2.45) is 0 Å². The summed E-state index contributed by atoms with van der Waals surface area (Å²) in [7, 11) is 1.14. The van der Waals surface area contributed by atoms with Crippen LogP contribution in [0.2, 0.25) is 0 Å². The summed E-state index contributed by atoms with van der Waals surface area (Å²) >= 11 is 2.91. The van der Waals surface area contributed by atoms with Crippen LogP contribution in [-0.2, 0) is 4.74 Å². The summed E-state index contributed by atoms with van der Waals surface area (Å²) in [4.78, 5) is 10.8. The van der Waals surface area contributed by atoms with Crippen molar-refractivity contribution in [3.8, 4) is 0 Å². The molecule has 0 saturated heterocycles. The van der Waals surface area contributed by atoms with Gasteiger partial charge in [0.25, 0.3) is 0 Å². The molecule has 0 bridgehead atoms. The Hall–Kier alpha value is -1.17. The van der Waals surface area contributed by atoms with Crippen molar-refractivity contribution in [2.45, 2.75) is 0 Å².